The molecule has 2 fully saturated rings. The molecule has 1 heterocycles. The van der Waals surface area contributed by atoms with Crippen molar-refractivity contribution in [1.82, 2.24) is 0 Å². The van der Waals surface area contributed by atoms with Gasteiger partial charge in [0.2, 0.25) is 0 Å². The molecule has 0 aromatic carbocycles. The smallest absolute Gasteiger partial charge is 0.341 e. The van der Waals surface area contributed by atoms with Gasteiger partial charge in [-0.25, -0.2) is 4.79 Å². The van der Waals surface area contributed by atoms with E-state index in [1.807, 2.05) is 0 Å². The summed E-state index contributed by atoms with van der Waals surface area (Å²) in [7, 11) is 0. The molecule has 2 unspecified atom stereocenters. The van der Waals surface area contributed by atoms with Gasteiger partial charge >= 0.3 is 5.97 Å². The number of hydrogen-bond donors (Lipinski definition) is 0. The second-order valence-corrected chi connectivity index (χ2v) is 3.88. The maximum atomic E-state index is 11.5. The van der Waals surface area contributed by atoms with Gasteiger partial charge in [-0.2, -0.15) is 0 Å². The molecule has 0 radical (unpaired) electrons. The molecule has 1 aliphatic carbocycles. The average Bonchev–Trinajstić information content (AvgIpc) is 2.70. The van der Waals surface area contributed by atoms with Crippen molar-refractivity contribution in [2.24, 2.45) is 0 Å². The van der Waals surface area contributed by atoms with Crippen molar-refractivity contribution >= 4 is 5.97 Å². The molecule has 1 saturated heterocycles. The lowest BCUT2D eigenvalue weighted by Gasteiger charge is -2.08. The summed E-state index contributed by atoms with van der Waals surface area (Å²) in [6.07, 6.45) is 5.19. The van der Waals surface area contributed by atoms with E-state index in [9.17, 15) is 4.79 Å². The molecule has 2 rings (SSSR count). The number of carbonyl (C=O) groups is 1. The van der Waals surface area contributed by atoms with Crippen molar-refractivity contribution in [3.8, 4) is 0 Å². The van der Waals surface area contributed by atoms with Crippen LogP contribution in [0.25, 0.3) is 0 Å². The minimum absolute atomic E-state index is 0.122. The topological polar surface area (TPSA) is 38.8 Å². The highest BCUT2D eigenvalue weighted by Crippen LogP contribution is 2.50. The Kier molecular flexibility index (Phi) is 2.28. The fourth-order valence-corrected chi connectivity index (χ4v) is 1.99. The number of epoxide rings is 1. The Labute approximate surface area is 78.4 Å². The largest absolute Gasteiger partial charge is 0.463 e. The van der Waals surface area contributed by atoms with Crippen LogP contribution in [0.4, 0.5) is 0 Å². The summed E-state index contributed by atoms with van der Waals surface area (Å²) in [6.45, 7) is 2.63. The molecule has 0 N–H and O–H groups in total. The molecule has 0 spiro atoms. The van der Waals surface area contributed by atoms with Crippen LogP contribution >= 0.6 is 0 Å². The van der Waals surface area contributed by atoms with Gasteiger partial charge in [0.1, 0.15) is 0 Å². The molecule has 13 heavy (non-hydrogen) atoms. The molecule has 0 aromatic rings. The van der Waals surface area contributed by atoms with Crippen LogP contribution in [-0.2, 0) is 14.3 Å². The van der Waals surface area contributed by atoms with Crippen molar-refractivity contribution in [1.29, 1.82) is 0 Å². The van der Waals surface area contributed by atoms with Crippen molar-refractivity contribution in [2.45, 2.75) is 50.7 Å². The summed E-state index contributed by atoms with van der Waals surface area (Å²) in [4.78, 5) is 11.5. The van der Waals surface area contributed by atoms with E-state index in [2.05, 4.69) is 6.92 Å². The van der Waals surface area contributed by atoms with Gasteiger partial charge < -0.3 is 9.47 Å². The third-order valence-electron chi connectivity index (χ3n) is 2.91. The first-order valence-corrected chi connectivity index (χ1v) is 5.14. The van der Waals surface area contributed by atoms with E-state index in [1.54, 1.807) is 0 Å². The summed E-state index contributed by atoms with van der Waals surface area (Å²) in [6, 6.07) is 0. The number of carbonyl (C=O) groups excluding carboxylic acids is 1. The molecule has 0 bridgehead atoms. The Morgan fingerprint density at radius 2 is 2.54 bits per heavy atom. The maximum absolute atomic E-state index is 11.5. The van der Waals surface area contributed by atoms with Crippen molar-refractivity contribution in [2.75, 3.05) is 6.61 Å². The van der Waals surface area contributed by atoms with Gasteiger partial charge in [-0.05, 0) is 25.7 Å². The molecule has 1 aliphatic heterocycles. The Hall–Kier alpha value is -0.570. The lowest BCUT2D eigenvalue weighted by Crippen LogP contribution is -2.26. The quantitative estimate of drug-likeness (QED) is 0.379. The van der Waals surface area contributed by atoms with Gasteiger partial charge in [0.15, 0.2) is 5.60 Å². The monoisotopic (exact) mass is 184 g/mol. The summed E-state index contributed by atoms with van der Waals surface area (Å²) >= 11 is 0. The van der Waals surface area contributed by atoms with Gasteiger partial charge in [-0.3, -0.25) is 0 Å². The minimum atomic E-state index is -0.492. The highest BCUT2D eigenvalue weighted by molar-refractivity contribution is 5.84. The molecular formula is C10H16O3. The van der Waals surface area contributed by atoms with E-state index in [1.165, 1.54) is 0 Å². The molecule has 0 amide bonds. The van der Waals surface area contributed by atoms with Crippen LogP contribution in [0.3, 0.4) is 0 Å². The van der Waals surface area contributed by atoms with E-state index in [-0.39, 0.29) is 12.1 Å². The number of rotatable bonds is 4. The summed E-state index contributed by atoms with van der Waals surface area (Å²) in [5, 5.41) is 0. The zero-order chi connectivity index (χ0) is 9.31. The van der Waals surface area contributed by atoms with Gasteiger partial charge in [0, 0.05) is 0 Å². The zero-order valence-electron chi connectivity index (χ0n) is 8.04. The van der Waals surface area contributed by atoms with Gasteiger partial charge in [-0.1, -0.05) is 13.3 Å². The van der Waals surface area contributed by atoms with E-state index >= 15 is 0 Å². The third-order valence-corrected chi connectivity index (χ3v) is 2.91. The Bertz CT molecular complexity index is 214. The van der Waals surface area contributed by atoms with Crippen LogP contribution in [-0.4, -0.2) is 24.3 Å². The van der Waals surface area contributed by atoms with Crippen molar-refractivity contribution in [3.05, 3.63) is 0 Å². The molecule has 2 aliphatic rings. The van der Waals surface area contributed by atoms with Crippen LogP contribution in [0.1, 0.15) is 39.0 Å². The van der Waals surface area contributed by atoms with Crippen LogP contribution in [0.15, 0.2) is 0 Å². The van der Waals surface area contributed by atoms with Crippen LogP contribution in [0, 0.1) is 0 Å². The first-order chi connectivity index (χ1) is 6.29. The highest BCUT2D eigenvalue weighted by Gasteiger charge is 2.66. The molecular weight excluding hydrogens is 168 g/mol. The second kappa shape index (κ2) is 3.29. The lowest BCUT2D eigenvalue weighted by molar-refractivity contribution is -0.150. The van der Waals surface area contributed by atoms with Gasteiger partial charge in [0.05, 0.1) is 12.7 Å². The predicted octanol–water partition coefficient (Wildman–Crippen LogP) is 1.65. The molecule has 3 nitrogen and oxygen atoms in total. The second-order valence-electron chi connectivity index (χ2n) is 3.88. The zero-order valence-corrected chi connectivity index (χ0v) is 8.04. The summed E-state index contributed by atoms with van der Waals surface area (Å²) in [5.74, 6) is -0.122. The third kappa shape index (κ3) is 1.46. The SMILES string of the molecule is CCCCOC(=O)C12CCCC1O2. The number of ether oxygens (including phenoxy) is 2. The Morgan fingerprint density at radius 1 is 1.69 bits per heavy atom. The number of esters is 1. The highest BCUT2D eigenvalue weighted by atomic mass is 16.7. The van der Waals surface area contributed by atoms with Gasteiger partial charge in [-0.15, -0.1) is 0 Å². The maximum Gasteiger partial charge on any atom is 0.341 e. The molecule has 3 heteroatoms. The van der Waals surface area contributed by atoms with Crippen LogP contribution in [0.5, 0.6) is 0 Å². The van der Waals surface area contributed by atoms with E-state index in [0.29, 0.717) is 6.61 Å². The Morgan fingerprint density at radius 3 is 3.08 bits per heavy atom. The van der Waals surface area contributed by atoms with E-state index in [0.717, 1.165) is 32.1 Å². The van der Waals surface area contributed by atoms with Gasteiger partial charge in [0.25, 0.3) is 0 Å². The standard InChI is InChI=1S/C10H16O3/c1-2-3-7-12-9(11)10-6-4-5-8(10)13-10/h8H,2-7H2,1H3. The fourth-order valence-electron chi connectivity index (χ4n) is 1.99. The first-order valence-electron chi connectivity index (χ1n) is 5.14. The van der Waals surface area contributed by atoms with Crippen molar-refractivity contribution in [3.63, 3.8) is 0 Å². The number of hydrogen-bond acceptors (Lipinski definition) is 3. The van der Waals surface area contributed by atoms with Crippen molar-refractivity contribution < 1.29 is 14.3 Å². The summed E-state index contributed by atoms with van der Waals surface area (Å²) < 4.78 is 10.5. The first kappa shape index (κ1) is 9.00. The molecule has 1 saturated carbocycles. The van der Waals surface area contributed by atoms with Crippen LogP contribution < -0.4 is 0 Å². The molecule has 2 atom stereocenters. The molecule has 0 aromatic heterocycles. The fraction of sp³-hybridized carbons (Fsp3) is 0.900. The van der Waals surface area contributed by atoms with E-state index < -0.39 is 5.60 Å². The lowest BCUT2D eigenvalue weighted by atomic mass is 10.1. The molecule has 74 valence electrons. The van der Waals surface area contributed by atoms with Crippen LogP contribution in [0.2, 0.25) is 0 Å². The van der Waals surface area contributed by atoms with E-state index in [4.69, 9.17) is 9.47 Å². The Balaban J connectivity index is 1.78. The number of unbranched alkanes of at least 4 members (excludes halogenated alkanes) is 1. The summed E-state index contributed by atoms with van der Waals surface area (Å²) in [5.41, 5.74) is -0.492. The predicted molar refractivity (Wildman–Crippen MR) is 47.3 cm³/mol. The number of fused-ring (bicyclic) bond motifs is 1. The minimum Gasteiger partial charge on any atom is -0.463 e. The normalized spacial score (nSPS) is 35.6. The average molecular weight is 184 g/mol.